The van der Waals surface area contributed by atoms with Crippen LogP contribution in [0.25, 0.3) is 0 Å². The summed E-state index contributed by atoms with van der Waals surface area (Å²) in [5.41, 5.74) is 2.23. The van der Waals surface area contributed by atoms with Gasteiger partial charge >= 0.3 is 0 Å². The highest BCUT2D eigenvalue weighted by Crippen LogP contribution is 2.16. The number of aliphatic imine (C=N–C) groups is 1. The van der Waals surface area contributed by atoms with Gasteiger partial charge in [-0.15, -0.1) is 35.3 Å². The molecular formula is C14H21IN4OS. The van der Waals surface area contributed by atoms with E-state index >= 15 is 0 Å². The maximum Gasteiger partial charge on any atom is 0.191 e. The summed E-state index contributed by atoms with van der Waals surface area (Å²) in [6.07, 6.45) is 4.30. The zero-order valence-corrected chi connectivity index (χ0v) is 15.6. The Kier molecular flexibility index (Phi) is 7.73. The number of furan rings is 1. The summed E-state index contributed by atoms with van der Waals surface area (Å²) in [5, 5.41) is 7.69. The maximum absolute atomic E-state index is 5.03. The minimum absolute atomic E-state index is 0. The van der Waals surface area contributed by atoms with E-state index in [4.69, 9.17) is 4.42 Å². The number of guanidine groups is 1. The third-order valence-electron chi connectivity index (χ3n) is 2.97. The molecule has 0 aliphatic carbocycles. The lowest BCUT2D eigenvalue weighted by molar-refractivity contribution is 0.563. The Bertz CT molecular complexity index is 546. The molecule has 2 N–H and O–H groups in total. The molecule has 0 atom stereocenters. The number of aryl methyl sites for hydroxylation is 2. The molecule has 0 bridgehead atoms. The van der Waals surface area contributed by atoms with Crippen molar-refractivity contribution >= 4 is 41.3 Å². The SMILES string of the molecule is CN=C(NCCc1nc(C)c(C)s1)NCc1ccoc1.I. The fourth-order valence-corrected chi connectivity index (χ4v) is 2.67. The third kappa shape index (κ3) is 5.66. The molecule has 0 saturated carbocycles. The van der Waals surface area contributed by atoms with Crippen molar-refractivity contribution in [2.45, 2.75) is 26.8 Å². The standard InChI is InChI=1S/C14H20N4OS.HI/c1-10-11(2)20-13(18-10)4-6-16-14(15-3)17-8-12-5-7-19-9-12;/h5,7,9H,4,6,8H2,1-3H3,(H2,15,16,17);1H. The lowest BCUT2D eigenvalue weighted by Gasteiger charge is -2.10. The molecule has 5 nitrogen and oxygen atoms in total. The van der Waals surface area contributed by atoms with Crippen LogP contribution in [0.1, 0.15) is 21.1 Å². The number of nitrogens with one attached hydrogen (secondary N) is 2. The molecule has 0 amide bonds. The Labute approximate surface area is 146 Å². The Morgan fingerprint density at radius 2 is 2.19 bits per heavy atom. The van der Waals surface area contributed by atoms with E-state index in [2.05, 4.69) is 27.5 Å². The summed E-state index contributed by atoms with van der Waals surface area (Å²) in [7, 11) is 1.77. The molecule has 0 radical (unpaired) electrons. The minimum atomic E-state index is 0. The molecule has 2 aromatic heterocycles. The van der Waals surface area contributed by atoms with Gasteiger partial charge in [-0.3, -0.25) is 4.99 Å². The number of thiazole rings is 1. The van der Waals surface area contributed by atoms with Gasteiger partial charge in [-0.05, 0) is 19.9 Å². The number of aromatic nitrogens is 1. The number of halogens is 1. The number of rotatable bonds is 5. The van der Waals surface area contributed by atoms with Crippen LogP contribution in [0.5, 0.6) is 0 Å². The van der Waals surface area contributed by atoms with E-state index in [1.165, 1.54) is 4.88 Å². The third-order valence-corrected chi connectivity index (χ3v) is 4.10. The monoisotopic (exact) mass is 420 g/mol. The van der Waals surface area contributed by atoms with Crippen molar-refractivity contribution in [3.8, 4) is 0 Å². The van der Waals surface area contributed by atoms with Crippen molar-refractivity contribution in [1.29, 1.82) is 0 Å². The van der Waals surface area contributed by atoms with Gasteiger partial charge < -0.3 is 15.1 Å². The van der Waals surface area contributed by atoms with Crippen molar-refractivity contribution in [2.75, 3.05) is 13.6 Å². The van der Waals surface area contributed by atoms with Crippen LogP contribution >= 0.6 is 35.3 Å². The highest BCUT2D eigenvalue weighted by atomic mass is 127. The first-order valence-corrected chi connectivity index (χ1v) is 7.39. The van der Waals surface area contributed by atoms with Crippen LogP contribution in [-0.4, -0.2) is 24.5 Å². The van der Waals surface area contributed by atoms with E-state index in [-0.39, 0.29) is 24.0 Å². The second kappa shape index (κ2) is 9.04. The van der Waals surface area contributed by atoms with Gasteiger partial charge in [0.05, 0.1) is 23.2 Å². The second-order valence-corrected chi connectivity index (χ2v) is 5.77. The molecule has 0 saturated heterocycles. The zero-order valence-electron chi connectivity index (χ0n) is 12.5. The molecule has 0 aliphatic rings. The summed E-state index contributed by atoms with van der Waals surface area (Å²) in [6, 6.07) is 1.93. The van der Waals surface area contributed by atoms with Crippen LogP contribution in [0.4, 0.5) is 0 Å². The van der Waals surface area contributed by atoms with Gasteiger partial charge in [0.2, 0.25) is 0 Å². The van der Waals surface area contributed by atoms with E-state index < -0.39 is 0 Å². The van der Waals surface area contributed by atoms with E-state index in [1.54, 1.807) is 30.9 Å². The van der Waals surface area contributed by atoms with Crippen LogP contribution in [0.3, 0.4) is 0 Å². The van der Waals surface area contributed by atoms with Crippen LogP contribution in [0, 0.1) is 13.8 Å². The van der Waals surface area contributed by atoms with E-state index in [0.717, 1.165) is 35.2 Å². The maximum atomic E-state index is 5.03. The summed E-state index contributed by atoms with van der Waals surface area (Å²) in [6.45, 7) is 5.67. The molecular weight excluding hydrogens is 399 g/mol. The minimum Gasteiger partial charge on any atom is -0.472 e. The van der Waals surface area contributed by atoms with Crippen molar-refractivity contribution in [2.24, 2.45) is 4.99 Å². The van der Waals surface area contributed by atoms with Crippen LogP contribution in [0.2, 0.25) is 0 Å². The first-order chi connectivity index (χ1) is 9.69. The van der Waals surface area contributed by atoms with Crippen LogP contribution in [-0.2, 0) is 13.0 Å². The normalized spacial score (nSPS) is 11.1. The van der Waals surface area contributed by atoms with Crippen molar-refractivity contribution < 1.29 is 4.42 Å². The Hall–Kier alpha value is -1.09. The Morgan fingerprint density at radius 3 is 2.76 bits per heavy atom. The first-order valence-electron chi connectivity index (χ1n) is 6.57. The molecule has 2 heterocycles. The molecule has 21 heavy (non-hydrogen) atoms. The van der Waals surface area contributed by atoms with Gasteiger partial charge in [0.15, 0.2) is 5.96 Å². The number of hydrogen-bond donors (Lipinski definition) is 2. The van der Waals surface area contributed by atoms with Gasteiger partial charge in [0.25, 0.3) is 0 Å². The second-order valence-electron chi connectivity index (χ2n) is 4.48. The Morgan fingerprint density at radius 1 is 1.38 bits per heavy atom. The average Bonchev–Trinajstić information content (AvgIpc) is 3.05. The smallest absolute Gasteiger partial charge is 0.191 e. The number of hydrogen-bond acceptors (Lipinski definition) is 4. The molecule has 0 aliphatic heterocycles. The highest BCUT2D eigenvalue weighted by Gasteiger charge is 2.04. The predicted molar refractivity (Wildman–Crippen MR) is 97.6 cm³/mol. The largest absolute Gasteiger partial charge is 0.472 e. The van der Waals surface area contributed by atoms with Crippen molar-refractivity contribution in [1.82, 2.24) is 15.6 Å². The molecule has 0 spiro atoms. The van der Waals surface area contributed by atoms with Crippen molar-refractivity contribution in [3.05, 3.63) is 39.7 Å². The number of nitrogens with zero attached hydrogens (tertiary/aromatic N) is 2. The fraction of sp³-hybridized carbons (Fsp3) is 0.429. The van der Waals surface area contributed by atoms with E-state index in [1.807, 2.05) is 13.0 Å². The quantitative estimate of drug-likeness (QED) is 0.444. The summed E-state index contributed by atoms with van der Waals surface area (Å²) >= 11 is 1.76. The molecule has 0 unspecified atom stereocenters. The van der Waals surface area contributed by atoms with E-state index in [9.17, 15) is 0 Å². The molecule has 0 aromatic carbocycles. The fourth-order valence-electron chi connectivity index (χ4n) is 1.73. The lowest BCUT2D eigenvalue weighted by Crippen LogP contribution is -2.37. The van der Waals surface area contributed by atoms with Gasteiger partial charge in [0.1, 0.15) is 0 Å². The van der Waals surface area contributed by atoms with Gasteiger partial charge in [-0.1, -0.05) is 0 Å². The zero-order chi connectivity index (χ0) is 14.4. The molecule has 2 rings (SSSR count). The first kappa shape index (κ1) is 18.0. The highest BCUT2D eigenvalue weighted by molar-refractivity contribution is 14.0. The van der Waals surface area contributed by atoms with Crippen LogP contribution in [0.15, 0.2) is 28.0 Å². The van der Waals surface area contributed by atoms with E-state index in [0.29, 0.717) is 6.54 Å². The van der Waals surface area contributed by atoms with Gasteiger partial charge in [0, 0.05) is 37.0 Å². The molecule has 0 fully saturated rings. The predicted octanol–water partition coefficient (Wildman–Crippen LogP) is 2.88. The molecule has 116 valence electrons. The lowest BCUT2D eigenvalue weighted by atomic mass is 10.3. The Balaban J connectivity index is 0.00000220. The summed E-state index contributed by atoms with van der Waals surface area (Å²) < 4.78 is 5.03. The topological polar surface area (TPSA) is 62.5 Å². The van der Waals surface area contributed by atoms with Gasteiger partial charge in [-0.2, -0.15) is 0 Å². The molecule has 7 heteroatoms. The van der Waals surface area contributed by atoms with Crippen LogP contribution < -0.4 is 10.6 Å². The summed E-state index contributed by atoms with van der Waals surface area (Å²) in [4.78, 5) is 10.0. The van der Waals surface area contributed by atoms with Crippen molar-refractivity contribution in [3.63, 3.8) is 0 Å². The average molecular weight is 420 g/mol. The van der Waals surface area contributed by atoms with Gasteiger partial charge in [-0.25, -0.2) is 4.98 Å². The summed E-state index contributed by atoms with van der Waals surface area (Å²) in [5.74, 6) is 0.788. The molecule has 2 aromatic rings.